The molecule has 0 radical (unpaired) electrons. The van der Waals surface area contributed by atoms with Crippen molar-refractivity contribution in [1.82, 2.24) is 39.5 Å². The summed E-state index contributed by atoms with van der Waals surface area (Å²) in [6.07, 6.45) is 10.7. The lowest BCUT2D eigenvalue weighted by atomic mass is 9.98. The van der Waals surface area contributed by atoms with Crippen LogP contribution in [0.3, 0.4) is 0 Å². The predicted octanol–water partition coefficient (Wildman–Crippen LogP) is 11.3. The number of rotatable bonds is 17. The monoisotopic (exact) mass is 1080 g/mol. The van der Waals surface area contributed by atoms with Gasteiger partial charge in [-0.2, -0.15) is 10.2 Å². The molecule has 392 valence electrons. The maximum absolute atomic E-state index is 12.1. The van der Waals surface area contributed by atoms with Crippen LogP contribution in [0.25, 0.3) is 55.7 Å². The van der Waals surface area contributed by atoms with Crippen molar-refractivity contribution >= 4 is 67.3 Å². The van der Waals surface area contributed by atoms with E-state index in [0.29, 0.717) is 37.6 Å². The first-order chi connectivity index (χ1) is 36.2. The Morgan fingerprint density at radius 1 is 0.613 bits per heavy atom. The van der Waals surface area contributed by atoms with Gasteiger partial charge >= 0.3 is 11.9 Å². The molecule has 1 aliphatic carbocycles. The number of anilines is 3. The SMILES string of the molecule is C1CCC1.COCCN(C)c1ccc(-c2cc(C(=O)O)nc3c2c(C(C)C)nn3-c2cccc(Br)c2)cn1.COCCN(C)c1ccc(-c2cc(C(=O)O)nc3c2c(C(C)C)nn3-c2cccc(N3CCC3)c2)cn1. The summed E-state index contributed by atoms with van der Waals surface area (Å²) in [7, 11) is 7.25. The van der Waals surface area contributed by atoms with E-state index in [2.05, 4.69) is 80.6 Å². The van der Waals surface area contributed by atoms with Crippen LogP contribution in [-0.4, -0.2) is 129 Å². The number of carboxylic acids is 2. The molecule has 8 aromatic rings. The number of carbonyl (C=O) groups is 2. The molecule has 0 unspecified atom stereocenters. The second kappa shape index (κ2) is 24.4. The van der Waals surface area contributed by atoms with Crippen LogP contribution < -0.4 is 14.7 Å². The fraction of sp³-hybridized carbons (Fsp3) is 0.368. The lowest BCUT2D eigenvalue weighted by Gasteiger charge is -2.33. The summed E-state index contributed by atoms with van der Waals surface area (Å²) in [6, 6.07) is 26.9. The van der Waals surface area contributed by atoms with Gasteiger partial charge < -0.3 is 34.4 Å². The van der Waals surface area contributed by atoms with Crippen molar-refractivity contribution in [2.75, 3.05) is 82.4 Å². The van der Waals surface area contributed by atoms with Gasteiger partial charge in [-0.3, -0.25) is 0 Å². The summed E-state index contributed by atoms with van der Waals surface area (Å²) in [5, 5.41) is 31.2. The Morgan fingerprint density at radius 3 is 1.41 bits per heavy atom. The number of ether oxygens (including phenoxy) is 2. The third-order valence-electron chi connectivity index (χ3n) is 13.4. The van der Waals surface area contributed by atoms with E-state index < -0.39 is 11.9 Å². The molecule has 7 heterocycles. The molecule has 75 heavy (non-hydrogen) atoms. The molecule has 17 nitrogen and oxygen atoms in total. The number of benzene rings is 2. The average molecular weight is 1080 g/mol. The van der Waals surface area contributed by atoms with Crippen LogP contribution in [0.15, 0.2) is 102 Å². The van der Waals surface area contributed by atoms with Gasteiger partial charge in [0.1, 0.15) is 11.6 Å². The normalized spacial score (nSPS) is 13.0. The number of methoxy groups -OCH3 is 2. The summed E-state index contributed by atoms with van der Waals surface area (Å²) in [4.78, 5) is 48.8. The molecule has 2 N–H and O–H groups in total. The quantitative estimate of drug-likeness (QED) is 0.0875. The van der Waals surface area contributed by atoms with Gasteiger partial charge in [0.25, 0.3) is 0 Å². The molecule has 2 fully saturated rings. The summed E-state index contributed by atoms with van der Waals surface area (Å²) < 4.78 is 14.7. The number of likely N-dealkylation sites (N-methyl/N-ethyl adjacent to an activating group) is 2. The molecule has 1 aliphatic heterocycles. The summed E-state index contributed by atoms with van der Waals surface area (Å²) >= 11 is 3.51. The first-order valence-electron chi connectivity index (χ1n) is 25.5. The van der Waals surface area contributed by atoms with Crippen molar-refractivity contribution in [2.24, 2.45) is 0 Å². The number of hydrogen-bond acceptors (Lipinski definition) is 13. The molecule has 0 atom stereocenters. The molecule has 1 saturated heterocycles. The number of hydrogen-bond donors (Lipinski definition) is 2. The van der Waals surface area contributed by atoms with Crippen molar-refractivity contribution in [2.45, 2.75) is 71.6 Å². The minimum Gasteiger partial charge on any atom is -0.477 e. The number of nitrogens with zero attached hydrogens (tertiary/aromatic N) is 11. The van der Waals surface area contributed by atoms with Crippen LogP contribution in [0.5, 0.6) is 0 Å². The smallest absolute Gasteiger partial charge is 0.354 e. The molecule has 0 amide bonds. The van der Waals surface area contributed by atoms with Crippen molar-refractivity contribution in [3.05, 3.63) is 125 Å². The predicted molar refractivity (Wildman–Crippen MR) is 300 cm³/mol. The number of fused-ring (bicyclic) bond motifs is 2. The number of carboxylic acid groups (broad SMARTS) is 2. The number of halogens is 1. The van der Waals surface area contributed by atoms with Gasteiger partial charge in [0.15, 0.2) is 22.7 Å². The fourth-order valence-corrected chi connectivity index (χ4v) is 9.00. The highest BCUT2D eigenvalue weighted by atomic mass is 79.9. The van der Waals surface area contributed by atoms with Gasteiger partial charge in [-0.1, -0.05) is 81.4 Å². The van der Waals surface area contributed by atoms with Crippen molar-refractivity contribution < 1.29 is 29.3 Å². The van der Waals surface area contributed by atoms with Gasteiger partial charge in [0, 0.05) is 88.2 Å². The van der Waals surface area contributed by atoms with Gasteiger partial charge in [-0.25, -0.2) is 38.9 Å². The maximum atomic E-state index is 12.1. The van der Waals surface area contributed by atoms with Crippen molar-refractivity contribution in [3.63, 3.8) is 0 Å². The highest BCUT2D eigenvalue weighted by Crippen LogP contribution is 2.38. The zero-order valence-electron chi connectivity index (χ0n) is 44.0. The molecule has 0 bridgehead atoms. The lowest BCUT2D eigenvalue weighted by molar-refractivity contribution is 0.0680. The van der Waals surface area contributed by atoms with E-state index in [9.17, 15) is 19.8 Å². The van der Waals surface area contributed by atoms with E-state index in [1.54, 1.807) is 48.1 Å². The Bertz CT molecular complexity index is 3250. The molecular weight excluding hydrogens is 1010 g/mol. The van der Waals surface area contributed by atoms with Gasteiger partial charge in [-0.05, 0) is 102 Å². The highest BCUT2D eigenvalue weighted by Gasteiger charge is 2.26. The highest BCUT2D eigenvalue weighted by molar-refractivity contribution is 9.10. The minimum absolute atomic E-state index is 0.0286. The van der Waals surface area contributed by atoms with E-state index in [1.165, 1.54) is 32.1 Å². The number of aromatic carboxylic acids is 2. The van der Waals surface area contributed by atoms with Crippen LogP contribution in [0.4, 0.5) is 17.3 Å². The van der Waals surface area contributed by atoms with Crippen molar-refractivity contribution in [1.29, 1.82) is 0 Å². The van der Waals surface area contributed by atoms with E-state index in [4.69, 9.17) is 19.7 Å². The Kier molecular flexibility index (Phi) is 17.6. The van der Waals surface area contributed by atoms with Gasteiger partial charge in [0.05, 0.1) is 46.7 Å². The summed E-state index contributed by atoms with van der Waals surface area (Å²) in [5.74, 6) is -0.364. The van der Waals surface area contributed by atoms with Crippen LogP contribution in [0.2, 0.25) is 0 Å². The zero-order valence-corrected chi connectivity index (χ0v) is 45.6. The largest absolute Gasteiger partial charge is 0.477 e. The molecule has 2 aromatic carbocycles. The van der Waals surface area contributed by atoms with Gasteiger partial charge in [0.2, 0.25) is 0 Å². The second-order valence-corrected chi connectivity index (χ2v) is 20.3. The fourth-order valence-electron chi connectivity index (χ4n) is 8.61. The molecule has 10 rings (SSSR count). The summed E-state index contributed by atoms with van der Waals surface area (Å²) in [5.41, 5.74) is 8.56. The first kappa shape index (κ1) is 54.0. The Labute approximate surface area is 446 Å². The topological polar surface area (TPSA) is 190 Å². The van der Waals surface area contributed by atoms with Crippen LogP contribution in [0.1, 0.15) is 104 Å². The molecular formula is C57H66BrN11O6. The van der Waals surface area contributed by atoms with Gasteiger partial charge in [-0.15, -0.1) is 0 Å². The van der Waals surface area contributed by atoms with Crippen molar-refractivity contribution in [3.8, 4) is 33.6 Å². The van der Waals surface area contributed by atoms with Crippen LogP contribution >= 0.6 is 15.9 Å². The molecule has 6 aromatic heterocycles. The van der Waals surface area contributed by atoms with Crippen LogP contribution in [0, 0.1) is 0 Å². The maximum Gasteiger partial charge on any atom is 0.354 e. The second-order valence-electron chi connectivity index (χ2n) is 19.4. The zero-order chi connectivity index (χ0) is 53.3. The third kappa shape index (κ3) is 12.3. The Balaban J connectivity index is 0.000000186. The minimum atomic E-state index is -1.10. The lowest BCUT2D eigenvalue weighted by Crippen LogP contribution is -2.36. The molecule has 1 saturated carbocycles. The molecule has 18 heteroatoms. The Morgan fingerprint density at radius 2 is 1.05 bits per heavy atom. The van der Waals surface area contributed by atoms with E-state index in [1.807, 2.05) is 84.6 Å². The molecule has 2 aliphatic rings. The Hall–Kier alpha value is -7.28. The van der Waals surface area contributed by atoms with E-state index in [-0.39, 0.29) is 23.2 Å². The van der Waals surface area contributed by atoms with E-state index >= 15 is 0 Å². The van der Waals surface area contributed by atoms with E-state index in [0.717, 1.165) is 90.7 Å². The third-order valence-corrected chi connectivity index (χ3v) is 13.9. The first-order valence-corrected chi connectivity index (χ1v) is 26.2. The average Bonchev–Trinajstić information content (AvgIpc) is 3.98. The standard InChI is InChI=1S/C28H32N6O3.C25H26BrN5O3.C4H8/c1-18(2)26-25-22(19-9-10-24(29-17-19)32(3)13-14-37-4)16-23(28(35)36)30-27(25)34(31-26)21-8-5-7-20(15-21)33-11-6-12-33;1-15(2)23-22-19(16-8-9-21(27-14-16)30(3)10-11-34-4)13-20(25(32)33)28-24(22)31(29-23)18-7-5-6-17(26)12-18;1-2-4-3-1/h5,7-10,15-18H,6,11-14H2,1-4H3,(H,35,36);5-9,12-15H,10-11H2,1-4H3,(H,32,33);1-4H2. The summed E-state index contributed by atoms with van der Waals surface area (Å²) in [6.45, 7) is 13.0. The number of aromatic nitrogens is 8. The number of pyridine rings is 4. The molecule has 0 spiro atoms. The van der Waals surface area contributed by atoms with Crippen LogP contribution in [-0.2, 0) is 9.47 Å².